The molecule has 0 aliphatic rings. The summed E-state index contributed by atoms with van der Waals surface area (Å²) >= 11 is 0. The van der Waals surface area contributed by atoms with Crippen molar-refractivity contribution >= 4 is 5.78 Å². The van der Waals surface area contributed by atoms with Gasteiger partial charge in [-0.2, -0.15) is 13.2 Å². The van der Waals surface area contributed by atoms with E-state index in [1.807, 2.05) is 6.92 Å². The van der Waals surface area contributed by atoms with Gasteiger partial charge in [-0.3, -0.25) is 4.79 Å². The largest absolute Gasteiger partial charge is 0.389 e. The lowest BCUT2D eigenvalue weighted by Gasteiger charge is -2.19. The van der Waals surface area contributed by atoms with Crippen molar-refractivity contribution in [2.45, 2.75) is 91.2 Å². The molecule has 0 aliphatic carbocycles. The molecule has 126 valence electrons. The van der Waals surface area contributed by atoms with Gasteiger partial charge in [0, 0.05) is 11.8 Å². The molecule has 0 saturated heterocycles. The van der Waals surface area contributed by atoms with Crippen LogP contribution in [0.5, 0.6) is 0 Å². The SMILES string of the molecule is CCCCCCCCCC(CC)C(=O)C(C)CC(F)(F)F. The van der Waals surface area contributed by atoms with E-state index in [9.17, 15) is 18.0 Å². The van der Waals surface area contributed by atoms with Crippen LogP contribution in [0.15, 0.2) is 0 Å². The van der Waals surface area contributed by atoms with Crippen LogP contribution < -0.4 is 0 Å². The molecule has 0 bridgehead atoms. The molecule has 0 fully saturated rings. The van der Waals surface area contributed by atoms with Crippen LogP contribution in [0.3, 0.4) is 0 Å². The minimum Gasteiger partial charge on any atom is -0.299 e. The zero-order valence-electron chi connectivity index (χ0n) is 13.8. The van der Waals surface area contributed by atoms with Crippen LogP contribution in [-0.4, -0.2) is 12.0 Å². The summed E-state index contributed by atoms with van der Waals surface area (Å²) in [5, 5.41) is 0. The van der Waals surface area contributed by atoms with E-state index < -0.39 is 18.5 Å². The van der Waals surface area contributed by atoms with Crippen molar-refractivity contribution in [2.24, 2.45) is 11.8 Å². The van der Waals surface area contributed by atoms with E-state index in [2.05, 4.69) is 6.92 Å². The fourth-order valence-electron chi connectivity index (χ4n) is 2.75. The highest BCUT2D eigenvalue weighted by molar-refractivity contribution is 5.83. The van der Waals surface area contributed by atoms with E-state index in [-0.39, 0.29) is 11.7 Å². The van der Waals surface area contributed by atoms with Crippen LogP contribution in [0.25, 0.3) is 0 Å². The third-order valence-electron chi connectivity index (χ3n) is 4.07. The van der Waals surface area contributed by atoms with Crippen LogP contribution in [0.4, 0.5) is 13.2 Å². The smallest absolute Gasteiger partial charge is 0.299 e. The summed E-state index contributed by atoms with van der Waals surface area (Å²) in [6.45, 7) is 5.48. The number of carbonyl (C=O) groups is 1. The number of rotatable bonds is 12. The third kappa shape index (κ3) is 10.8. The van der Waals surface area contributed by atoms with Crippen molar-refractivity contribution in [1.29, 1.82) is 0 Å². The van der Waals surface area contributed by atoms with Crippen molar-refractivity contribution in [3.05, 3.63) is 0 Å². The number of ketones is 1. The highest BCUT2D eigenvalue weighted by Crippen LogP contribution is 2.28. The number of unbranched alkanes of at least 4 members (excludes halogenated alkanes) is 6. The number of carbonyl (C=O) groups excluding carboxylic acids is 1. The molecule has 2 atom stereocenters. The van der Waals surface area contributed by atoms with E-state index in [1.165, 1.54) is 39.0 Å². The normalized spacial score (nSPS) is 15.0. The average Bonchev–Trinajstić information content (AvgIpc) is 2.39. The highest BCUT2D eigenvalue weighted by atomic mass is 19.4. The molecule has 0 aromatic heterocycles. The standard InChI is InChI=1S/C17H31F3O/c1-4-6-7-8-9-10-11-12-15(5-2)16(21)14(3)13-17(18,19)20/h14-15H,4-13H2,1-3H3. The molecule has 0 amide bonds. The third-order valence-corrected chi connectivity index (χ3v) is 4.07. The van der Waals surface area contributed by atoms with Crippen LogP contribution in [0.1, 0.15) is 85.0 Å². The van der Waals surface area contributed by atoms with Gasteiger partial charge < -0.3 is 0 Å². The van der Waals surface area contributed by atoms with Gasteiger partial charge in [-0.05, 0) is 12.8 Å². The Morgan fingerprint density at radius 3 is 1.95 bits per heavy atom. The first kappa shape index (κ1) is 20.5. The van der Waals surface area contributed by atoms with E-state index in [0.717, 1.165) is 19.3 Å². The molecule has 0 saturated carbocycles. The Hall–Kier alpha value is -0.540. The lowest BCUT2D eigenvalue weighted by Crippen LogP contribution is -2.26. The Morgan fingerprint density at radius 2 is 1.48 bits per heavy atom. The Bertz CT molecular complexity index is 274. The van der Waals surface area contributed by atoms with Crippen molar-refractivity contribution in [3.8, 4) is 0 Å². The zero-order valence-corrected chi connectivity index (χ0v) is 13.8. The van der Waals surface area contributed by atoms with E-state index in [1.54, 1.807) is 0 Å². The molecule has 0 aliphatic heterocycles. The van der Waals surface area contributed by atoms with Crippen LogP contribution in [0.2, 0.25) is 0 Å². The molecule has 1 nitrogen and oxygen atoms in total. The second-order valence-corrected chi connectivity index (χ2v) is 6.14. The maximum absolute atomic E-state index is 12.3. The number of hydrogen-bond donors (Lipinski definition) is 0. The van der Waals surface area contributed by atoms with Gasteiger partial charge in [0.25, 0.3) is 0 Å². The molecule has 0 radical (unpaired) electrons. The molecule has 0 heterocycles. The second-order valence-electron chi connectivity index (χ2n) is 6.14. The minimum atomic E-state index is -4.24. The summed E-state index contributed by atoms with van der Waals surface area (Å²) in [6.07, 6.45) is 4.35. The van der Waals surface area contributed by atoms with Crippen LogP contribution in [0, 0.1) is 11.8 Å². The van der Waals surface area contributed by atoms with Crippen LogP contribution in [-0.2, 0) is 4.79 Å². The quantitative estimate of drug-likeness (QED) is 0.386. The lowest BCUT2D eigenvalue weighted by molar-refractivity contribution is -0.153. The molecule has 0 aromatic carbocycles. The first-order valence-corrected chi connectivity index (χ1v) is 8.42. The van der Waals surface area contributed by atoms with Gasteiger partial charge in [-0.15, -0.1) is 0 Å². The fourth-order valence-corrected chi connectivity index (χ4v) is 2.75. The summed E-state index contributed by atoms with van der Waals surface area (Å²) in [5.41, 5.74) is 0. The predicted octanol–water partition coefficient (Wildman–Crippen LogP) is 6.31. The van der Waals surface area contributed by atoms with Crippen LogP contribution >= 0.6 is 0 Å². The summed E-state index contributed by atoms with van der Waals surface area (Å²) in [4.78, 5) is 12.1. The molecule has 21 heavy (non-hydrogen) atoms. The van der Waals surface area contributed by atoms with Gasteiger partial charge in [0.1, 0.15) is 5.78 Å². The maximum Gasteiger partial charge on any atom is 0.389 e. The van der Waals surface area contributed by atoms with E-state index >= 15 is 0 Å². The van der Waals surface area contributed by atoms with E-state index in [0.29, 0.717) is 6.42 Å². The van der Waals surface area contributed by atoms with Gasteiger partial charge >= 0.3 is 6.18 Å². The van der Waals surface area contributed by atoms with Gasteiger partial charge in [0.05, 0.1) is 6.42 Å². The van der Waals surface area contributed by atoms with Crippen molar-refractivity contribution in [1.82, 2.24) is 0 Å². The molecule has 0 N–H and O–H groups in total. The molecule has 2 unspecified atom stereocenters. The number of halogens is 3. The molecule has 0 aromatic rings. The summed E-state index contributed by atoms with van der Waals surface area (Å²) in [5.74, 6) is -1.31. The van der Waals surface area contributed by atoms with Gasteiger partial charge in [0.2, 0.25) is 0 Å². The average molecular weight is 308 g/mol. The molecule has 0 rings (SSSR count). The fraction of sp³-hybridized carbons (Fsp3) is 0.941. The predicted molar refractivity (Wildman–Crippen MR) is 81.2 cm³/mol. The van der Waals surface area contributed by atoms with Crippen molar-refractivity contribution < 1.29 is 18.0 Å². The number of Topliss-reactive ketones (excluding diaryl/α,β-unsaturated/α-hetero) is 1. The summed E-state index contributed by atoms with van der Waals surface area (Å²) in [7, 11) is 0. The number of alkyl halides is 3. The molecule has 0 spiro atoms. The van der Waals surface area contributed by atoms with Gasteiger partial charge in [-0.25, -0.2) is 0 Å². The highest BCUT2D eigenvalue weighted by Gasteiger charge is 2.34. The Balaban J connectivity index is 3.95. The maximum atomic E-state index is 12.3. The Labute approximate surface area is 127 Å². The summed E-state index contributed by atoms with van der Waals surface area (Å²) in [6, 6.07) is 0. The topological polar surface area (TPSA) is 17.1 Å². The zero-order chi connectivity index (χ0) is 16.3. The molecular weight excluding hydrogens is 277 g/mol. The van der Waals surface area contributed by atoms with Gasteiger partial charge in [0.15, 0.2) is 0 Å². The minimum absolute atomic E-state index is 0.196. The Kier molecular flexibility index (Phi) is 10.8. The van der Waals surface area contributed by atoms with Gasteiger partial charge in [-0.1, -0.05) is 65.7 Å². The van der Waals surface area contributed by atoms with Crippen molar-refractivity contribution in [2.75, 3.05) is 0 Å². The lowest BCUT2D eigenvalue weighted by atomic mass is 9.86. The molecular formula is C17H31F3O. The Morgan fingerprint density at radius 1 is 0.952 bits per heavy atom. The van der Waals surface area contributed by atoms with Crippen molar-refractivity contribution in [3.63, 3.8) is 0 Å². The first-order chi connectivity index (χ1) is 9.81. The monoisotopic (exact) mass is 308 g/mol. The first-order valence-electron chi connectivity index (χ1n) is 8.42. The number of hydrogen-bond acceptors (Lipinski definition) is 1. The van der Waals surface area contributed by atoms with E-state index in [4.69, 9.17) is 0 Å². The second kappa shape index (κ2) is 11.1. The summed E-state index contributed by atoms with van der Waals surface area (Å²) < 4.78 is 37.0. The molecule has 4 heteroatoms.